The first kappa shape index (κ1) is 24.9. The van der Waals surface area contributed by atoms with Gasteiger partial charge in [-0.15, -0.1) is 0 Å². The number of fused-ring (bicyclic) bond motifs is 1. The zero-order chi connectivity index (χ0) is 25.1. The molecule has 34 heavy (non-hydrogen) atoms. The second kappa shape index (κ2) is 9.62. The van der Waals surface area contributed by atoms with Gasteiger partial charge in [0, 0.05) is 29.6 Å². The number of hydrogen-bond acceptors (Lipinski definition) is 3. The van der Waals surface area contributed by atoms with Crippen molar-refractivity contribution in [1.29, 1.82) is 0 Å². The van der Waals surface area contributed by atoms with E-state index in [1.54, 1.807) is 12.3 Å². The summed E-state index contributed by atoms with van der Waals surface area (Å²) >= 11 is 0. The number of esters is 1. The van der Waals surface area contributed by atoms with Crippen LogP contribution >= 0.6 is 0 Å². The van der Waals surface area contributed by atoms with E-state index >= 15 is 0 Å². The van der Waals surface area contributed by atoms with Gasteiger partial charge in [0.25, 0.3) is 0 Å². The molecule has 0 spiro atoms. The van der Waals surface area contributed by atoms with Gasteiger partial charge in [0.05, 0.1) is 18.2 Å². The Balaban J connectivity index is 1.81. The normalized spacial score (nSPS) is 13.3. The second-order valence-electron chi connectivity index (χ2n) is 7.32. The highest BCUT2D eigenvalue weighted by Gasteiger charge is 2.36. The van der Waals surface area contributed by atoms with E-state index in [1.165, 1.54) is 0 Å². The molecule has 0 fully saturated rings. The zero-order valence-electron chi connectivity index (χ0n) is 17.6. The molecule has 0 bridgehead atoms. The Bertz CT molecular complexity index is 1200. The number of hydrogen-bond donors (Lipinski definition) is 2. The number of halogens is 6. The van der Waals surface area contributed by atoms with Gasteiger partial charge in [-0.3, -0.25) is 4.79 Å². The summed E-state index contributed by atoms with van der Waals surface area (Å²) in [5.74, 6) is -1.67. The number of H-pyrrole nitrogens is 1. The summed E-state index contributed by atoms with van der Waals surface area (Å²) in [7, 11) is 1.12. The highest BCUT2D eigenvalue weighted by atomic mass is 19.4. The summed E-state index contributed by atoms with van der Waals surface area (Å²) in [6, 6.07) is 7.05. The van der Waals surface area contributed by atoms with Crippen LogP contribution in [-0.2, 0) is 33.1 Å². The average Bonchev–Trinajstić information content (AvgIpc) is 3.18. The molecule has 11 heteroatoms. The maximum Gasteiger partial charge on any atom is 0.416 e. The third kappa shape index (κ3) is 5.97. The van der Waals surface area contributed by atoms with Gasteiger partial charge in [-0.25, -0.2) is 4.79 Å². The van der Waals surface area contributed by atoms with Crippen LogP contribution in [0.25, 0.3) is 17.0 Å². The van der Waals surface area contributed by atoms with Crippen molar-refractivity contribution in [3.63, 3.8) is 0 Å². The Hall–Kier alpha value is -3.76. The van der Waals surface area contributed by atoms with Crippen molar-refractivity contribution in [1.82, 2.24) is 10.3 Å². The lowest BCUT2D eigenvalue weighted by atomic mass is 10.0. The zero-order valence-corrected chi connectivity index (χ0v) is 17.6. The van der Waals surface area contributed by atoms with E-state index in [-0.39, 0.29) is 12.5 Å². The predicted molar refractivity (Wildman–Crippen MR) is 111 cm³/mol. The number of para-hydroxylation sites is 1. The minimum absolute atomic E-state index is 0.00804. The summed E-state index contributed by atoms with van der Waals surface area (Å²) in [5, 5.41) is 3.18. The van der Waals surface area contributed by atoms with Crippen LogP contribution in [0.15, 0.2) is 54.7 Å². The lowest BCUT2D eigenvalue weighted by Crippen LogP contribution is -2.42. The third-order valence-corrected chi connectivity index (χ3v) is 4.94. The number of rotatable bonds is 6. The Kier molecular flexibility index (Phi) is 7.04. The Labute approximate surface area is 189 Å². The van der Waals surface area contributed by atoms with Crippen LogP contribution in [0, 0.1) is 0 Å². The minimum atomic E-state index is -5.01. The summed E-state index contributed by atoms with van der Waals surface area (Å²) in [6.45, 7) is 0. The van der Waals surface area contributed by atoms with Gasteiger partial charge in [-0.2, -0.15) is 26.3 Å². The summed E-state index contributed by atoms with van der Waals surface area (Å²) in [4.78, 5) is 27.5. The predicted octanol–water partition coefficient (Wildman–Crippen LogP) is 5.12. The molecule has 1 aromatic heterocycles. The van der Waals surface area contributed by atoms with Crippen LogP contribution in [-0.4, -0.2) is 30.0 Å². The molecule has 180 valence electrons. The molecule has 0 saturated carbocycles. The van der Waals surface area contributed by atoms with Gasteiger partial charge in [0.1, 0.15) is 6.04 Å². The molecule has 1 heterocycles. The van der Waals surface area contributed by atoms with Crippen molar-refractivity contribution in [3.8, 4) is 0 Å². The van der Waals surface area contributed by atoms with E-state index in [4.69, 9.17) is 4.74 Å². The lowest BCUT2D eigenvalue weighted by Gasteiger charge is -2.15. The molecule has 2 N–H and O–H groups in total. The van der Waals surface area contributed by atoms with Crippen LogP contribution in [0.2, 0.25) is 0 Å². The van der Waals surface area contributed by atoms with E-state index in [0.29, 0.717) is 17.7 Å². The van der Waals surface area contributed by atoms with Crippen molar-refractivity contribution in [2.75, 3.05) is 7.11 Å². The number of carbonyl (C=O) groups excluding carboxylic acids is 2. The maximum atomic E-state index is 13.0. The third-order valence-electron chi connectivity index (χ3n) is 4.94. The number of nitrogens with one attached hydrogen (secondary N) is 2. The number of amides is 1. The van der Waals surface area contributed by atoms with E-state index < -0.39 is 47.0 Å². The highest BCUT2D eigenvalue weighted by Crippen LogP contribution is 2.36. The molecule has 3 rings (SSSR count). The number of ether oxygens (including phenoxy) is 1. The van der Waals surface area contributed by atoms with E-state index in [9.17, 15) is 35.9 Å². The molecule has 5 nitrogen and oxygen atoms in total. The maximum absolute atomic E-state index is 13.0. The van der Waals surface area contributed by atoms with Crippen LogP contribution in [0.5, 0.6) is 0 Å². The van der Waals surface area contributed by atoms with Gasteiger partial charge >= 0.3 is 18.3 Å². The molecular formula is C23H18F6N2O3. The number of aromatic amines is 1. The first-order valence-electron chi connectivity index (χ1n) is 9.79. The first-order chi connectivity index (χ1) is 15.9. The Morgan fingerprint density at radius 1 is 1.03 bits per heavy atom. The van der Waals surface area contributed by atoms with Crippen LogP contribution in [0.1, 0.15) is 22.3 Å². The van der Waals surface area contributed by atoms with Gasteiger partial charge < -0.3 is 15.0 Å². The van der Waals surface area contributed by atoms with E-state index in [2.05, 4.69) is 10.3 Å². The second-order valence-corrected chi connectivity index (χ2v) is 7.32. The van der Waals surface area contributed by atoms with Crippen molar-refractivity contribution < 1.29 is 40.7 Å². The fourth-order valence-electron chi connectivity index (χ4n) is 3.32. The van der Waals surface area contributed by atoms with Gasteiger partial charge in [-0.1, -0.05) is 18.2 Å². The molecular weight excluding hydrogens is 466 g/mol. The van der Waals surface area contributed by atoms with Crippen LogP contribution < -0.4 is 5.32 Å². The molecule has 0 aliphatic carbocycles. The Morgan fingerprint density at radius 3 is 2.24 bits per heavy atom. The van der Waals surface area contributed by atoms with Gasteiger partial charge in [-0.05, 0) is 41.5 Å². The molecule has 2 aromatic carbocycles. The molecule has 0 unspecified atom stereocenters. The molecule has 0 aliphatic rings. The fraction of sp³-hybridized carbons (Fsp3) is 0.217. The standard InChI is InChI=1S/C23H18F6N2O3/c1-34-21(33)19(10-14-12-30-18-5-3-2-4-17(14)18)31-20(32)7-6-13-8-15(22(24,25)26)11-16(9-13)23(27,28)29/h2-9,11-12,19,30H,10H2,1H3,(H,31,32)/t19-/m0/s1. The van der Waals surface area contributed by atoms with Crippen molar-refractivity contribution in [3.05, 3.63) is 77.0 Å². The van der Waals surface area contributed by atoms with Crippen molar-refractivity contribution in [2.45, 2.75) is 24.8 Å². The van der Waals surface area contributed by atoms with Crippen molar-refractivity contribution in [2.24, 2.45) is 0 Å². The number of carbonyl (C=O) groups is 2. The molecule has 3 aromatic rings. The monoisotopic (exact) mass is 484 g/mol. The van der Waals surface area contributed by atoms with Crippen LogP contribution in [0.3, 0.4) is 0 Å². The number of alkyl halides is 6. The average molecular weight is 484 g/mol. The molecule has 0 saturated heterocycles. The van der Waals surface area contributed by atoms with Crippen molar-refractivity contribution >= 4 is 28.9 Å². The highest BCUT2D eigenvalue weighted by molar-refractivity contribution is 5.95. The number of methoxy groups -OCH3 is 1. The summed E-state index contributed by atoms with van der Waals surface area (Å²) in [5.41, 5.74) is -1.99. The lowest BCUT2D eigenvalue weighted by molar-refractivity contribution is -0.144. The largest absolute Gasteiger partial charge is 0.467 e. The SMILES string of the molecule is COC(=O)[C@H](Cc1c[nH]c2ccccc12)NC(=O)C=Cc1cc(C(F)(F)F)cc(C(F)(F)F)c1. The van der Waals surface area contributed by atoms with E-state index in [1.807, 2.05) is 18.2 Å². The van der Waals surface area contributed by atoms with Gasteiger partial charge in [0.15, 0.2) is 0 Å². The van der Waals surface area contributed by atoms with E-state index in [0.717, 1.165) is 30.2 Å². The smallest absolute Gasteiger partial charge is 0.416 e. The quantitative estimate of drug-likeness (QED) is 0.290. The fourth-order valence-corrected chi connectivity index (χ4v) is 3.32. The topological polar surface area (TPSA) is 71.2 Å². The molecule has 0 aliphatic heterocycles. The number of benzene rings is 2. The first-order valence-corrected chi connectivity index (χ1v) is 9.79. The Morgan fingerprint density at radius 2 is 1.65 bits per heavy atom. The number of aromatic nitrogens is 1. The molecule has 0 radical (unpaired) electrons. The minimum Gasteiger partial charge on any atom is -0.467 e. The van der Waals surface area contributed by atoms with Crippen LogP contribution in [0.4, 0.5) is 26.3 Å². The summed E-state index contributed by atoms with van der Waals surface area (Å²) in [6.07, 6.45) is -6.77. The molecule has 1 atom stereocenters. The van der Waals surface area contributed by atoms with Gasteiger partial charge in [0.2, 0.25) is 5.91 Å². The molecule has 1 amide bonds. The summed E-state index contributed by atoms with van der Waals surface area (Å²) < 4.78 is 82.7.